The number of amides is 1. The standard InChI is InChI=1S/C21H26N6O2.HI/c1-4-13-29-19-7-5-17(6-8-19)9-10-23-21(22-2)26-11-12-27(20(28)16-26)18-14-24-25(3)15-18;/h1,5-8,14-15H,9-13,16H2,2-3H3,(H,22,23);1H. The number of piperazine rings is 1. The van der Waals surface area contributed by atoms with Crippen molar-refractivity contribution in [2.75, 3.05) is 44.7 Å². The molecule has 3 rings (SSSR count). The van der Waals surface area contributed by atoms with Crippen LogP contribution in [0.4, 0.5) is 5.69 Å². The first kappa shape index (κ1) is 23.5. The monoisotopic (exact) mass is 522 g/mol. The number of halogens is 1. The van der Waals surface area contributed by atoms with Gasteiger partial charge in [-0.3, -0.25) is 14.5 Å². The number of aliphatic imine (C=N–C) groups is 1. The molecule has 2 aromatic rings. The Morgan fingerprint density at radius 3 is 2.70 bits per heavy atom. The van der Waals surface area contributed by atoms with Crippen LogP contribution >= 0.6 is 24.0 Å². The van der Waals surface area contributed by atoms with Crippen LogP contribution in [0, 0.1) is 12.3 Å². The van der Waals surface area contributed by atoms with Crippen molar-refractivity contribution in [2.45, 2.75) is 6.42 Å². The molecule has 0 bridgehead atoms. The predicted octanol–water partition coefficient (Wildman–Crippen LogP) is 1.52. The van der Waals surface area contributed by atoms with Gasteiger partial charge in [0.05, 0.1) is 11.9 Å². The first-order valence-electron chi connectivity index (χ1n) is 9.50. The molecule has 0 unspecified atom stereocenters. The Morgan fingerprint density at radius 1 is 1.33 bits per heavy atom. The van der Waals surface area contributed by atoms with E-state index in [2.05, 4.69) is 21.3 Å². The molecule has 0 aliphatic carbocycles. The molecule has 8 nitrogen and oxygen atoms in total. The van der Waals surface area contributed by atoms with Crippen molar-refractivity contribution in [3.63, 3.8) is 0 Å². The highest BCUT2D eigenvalue weighted by atomic mass is 127. The van der Waals surface area contributed by atoms with Crippen LogP contribution in [0.3, 0.4) is 0 Å². The molecule has 160 valence electrons. The maximum atomic E-state index is 12.6. The van der Waals surface area contributed by atoms with Gasteiger partial charge in [-0.2, -0.15) is 5.10 Å². The van der Waals surface area contributed by atoms with E-state index in [1.165, 1.54) is 5.56 Å². The molecule has 1 fully saturated rings. The van der Waals surface area contributed by atoms with E-state index in [0.29, 0.717) is 19.6 Å². The van der Waals surface area contributed by atoms with Crippen molar-refractivity contribution in [1.29, 1.82) is 0 Å². The van der Waals surface area contributed by atoms with Gasteiger partial charge in [0.1, 0.15) is 18.9 Å². The molecular formula is C21H27IN6O2. The zero-order valence-electron chi connectivity index (χ0n) is 17.2. The molecule has 9 heteroatoms. The molecule has 0 spiro atoms. The number of aryl methyl sites for hydroxylation is 1. The summed E-state index contributed by atoms with van der Waals surface area (Å²) in [5.74, 6) is 3.99. The number of hydrogen-bond acceptors (Lipinski definition) is 4. The number of terminal acetylenes is 1. The summed E-state index contributed by atoms with van der Waals surface area (Å²) in [5, 5.41) is 7.49. The number of nitrogens with zero attached hydrogens (tertiary/aromatic N) is 5. The number of rotatable bonds is 6. The highest BCUT2D eigenvalue weighted by molar-refractivity contribution is 14.0. The maximum absolute atomic E-state index is 12.6. The molecule has 1 aliphatic rings. The Bertz CT molecular complexity index is 903. The second kappa shape index (κ2) is 11.4. The van der Waals surface area contributed by atoms with Gasteiger partial charge in [0.2, 0.25) is 5.91 Å². The van der Waals surface area contributed by atoms with E-state index in [-0.39, 0.29) is 43.0 Å². The van der Waals surface area contributed by atoms with Crippen LogP contribution in [0.1, 0.15) is 5.56 Å². The molecule has 1 N–H and O–H groups in total. The normalized spacial score (nSPS) is 14.2. The van der Waals surface area contributed by atoms with Crippen molar-refractivity contribution < 1.29 is 9.53 Å². The van der Waals surface area contributed by atoms with Gasteiger partial charge in [-0.25, -0.2) is 0 Å². The number of hydrogen-bond donors (Lipinski definition) is 1. The summed E-state index contributed by atoms with van der Waals surface area (Å²) >= 11 is 0. The molecule has 0 atom stereocenters. The van der Waals surface area contributed by atoms with Gasteiger partial charge >= 0.3 is 0 Å². The molecule has 1 aromatic carbocycles. The van der Waals surface area contributed by atoms with E-state index in [1.54, 1.807) is 22.8 Å². The van der Waals surface area contributed by atoms with Gasteiger partial charge in [0.25, 0.3) is 0 Å². The molecule has 30 heavy (non-hydrogen) atoms. The van der Waals surface area contributed by atoms with Crippen LogP contribution in [-0.4, -0.2) is 66.4 Å². The fraction of sp³-hybridized carbons (Fsp3) is 0.381. The Kier molecular flexibility index (Phi) is 8.98. The quantitative estimate of drug-likeness (QED) is 0.270. The molecule has 1 aromatic heterocycles. The lowest BCUT2D eigenvalue weighted by molar-refractivity contribution is -0.120. The third kappa shape index (κ3) is 6.13. The minimum Gasteiger partial charge on any atom is -0.481 e. The molecule has 0 saturated carbocycles. The van der Waals surface area contributed by atoms with Crippen LogP contribution in [0.25, 0.3) is 0 Å². The SMILES string of the molecule is C#CCOc1ccc(CCNC(=NC)N2CCN(c3cnn(C)c3)C(=O)C2)cc1.I. The summed E-state index contributed by atoms with van der Waals surface area (Å²) in [6.07, 6.45) is 9.59. The first-order valence-corrected chi connectivity index (χ1v) is 9.50. The lowest BCUT2D eigenvalue weighted by Crippen LogP contribution is -2.55. The summed E-state index contributed by atoms with van der Waals surface area (Å²) in [7, 11) is 3.58. The molecular weight excluding hydrogens is 495 g/mol. The fourth-order valence-electron chi connectivity index (χ4n) is 3.20. The summed E-state index contributed by atoms with van der Waals surface area (Å²) in [4.78, 5) is 20.7. The van der Waals surface area contributed by atoms with E-state index in [1.807, 2.05) is 42.4 Å². The minimum atomic E-state index is 0. The zero-order valence-corrected chi connectivity index (χ0v) is 19.6. The largest absolute Gasteiger partial charge is 0.481 e. The average Bonchev–Trinajstić information content (AvgIpc) is 3.16. The van der Waals surface area contributed by atoms with Crippen molar-refractivity contribution in [1.82, 2.24) is 20.0 Å². The number of anilines is 1. The number of aromatic nitrogens is 2. The van der Waals surface area contributed by atoms with E-state index in [0.717, 1.165) is 23.8 Å². The number of carbonyl (C=O) groups excluding carboxylic acids is 1. The third-order valence-corrected chi connectivity index (χ3v) is 4.68. The fourth-order valence-corrected chi connectivity index (χ4v) is 3.20. The predicted molar refractivity (Wildman–Crippen MR) is 128 cm³/mol. The second-order valence-corrected chi connectivity index (χ2v) is 6.70. The number of carbonyl (C=O) groups is 1. The number of guanidine groups is 1. The van der Waals surface area contributed by atoms with Crippen molar-refractivity contribution in [2.24, 2.45) is 12.0 Å². The molecule has 0 radical (unpaired) electrons. The van der Waals surface area contributed by atoms with E-state index in [4.69, 9.17) is 11.2 Å². The van der Waals surface area contributed by atoms with Crippen LogP contribution in [0.5, 0.6) is 5.75 Å². The first-order chi connectivity index (χ1) is 14.1. The Balaban J connectivity index is 0.00000320. The van der Waals surface area contributed by atoms with Crippen LogP contribution in [0.2, 0.25) is 0 Å². The second-order valence-electron chi connectivity index (χ2n) is 6.70. The number of benzene rings is 1. The topological polar surface area (TPSA) is 75.0 Å². The molecule has 1 saturated heterocycles. The molecule has 1 amide bonds. The number of ether oxygens (including phenoxy) is 1. The lowest BCUT2D eigenvalue weighted by Gasteiger charge is -2.35. The summed E-state index contributed by atoms with van der Waals surface area (Å²) in [5.41, 5.74) is 2.01. The van der Waals surface area contributed by atoms with Gasteiger partial charge in [-0.05, 0) is 24.1 Å². The highest BCUT2D eigenvalue weighted by Gasteiger charge is 2.27. The minimum absolute atomic E-state index is 0. The number of nitrogens with one attached hydrogen (secondary N) is 1. The summed E-state index contributed by atoms with van der Waals surface area (Å²) in [6.45, 7) is 2.58. The molecule has 1 aliphatic heterocycles. The van der Waals surface area contributed by atoms with Crippen LogP contribution in [0.15, 0.2) is 41.7 Å². The van der Waals surface area contributed by atoms with Crippen molar-refractivity contribution in [3.8, 4) is 18.1 Å². The Hall–Kier alpha value is -2.74. The average molecular weight is 522 g/mol. The zero-order chi connectivity index (χ0) is 20.6. The smallest absolute Gasteiger partial charge is 0.246 e. The lowest BCUT2D eigenvalue weighted by atomic mass is 10.1. The van der Waals surface area contributed by atoms with Crippen LogP contribution < -0.4 is 15.0 Å². The van der Waals surface area contributed by atoms with Crippen molar-refractivity contribution >= 4 is 41.5 Å². The Labute approximate surface area is 194 Å². The van der Waals surface area contributed by atoms with E-state index >= 15 is 0 Å². The summed E-state index contributed by atoms with van der Waals surface area (Å²) < 4.78 is 7.08. The highest BCUT2D eigenvalue weighted by Crippen LogP contribution is 2.16. The van der Waals surface area contributed by atoms with Gasteiger partial charge in [-0.1, -0.05) is 18.1 Å². The third-order valence-electron chi connectivity index (χ3n) is 4.68. The van der Waals surface area contributed by atoms with Crippen LogP contribution in [-0.2, 0) is 18.3 Å². The Morgan fingerprint density at radius 2 is 2.10 bits per heavy atom. The van der Waals surface area contributed by atoms with Gasteiger partial charge in [0.15, 0.2) is 5.96 Å². The van der Waals surface area contributed by atoms with E-state index < -0.39 is 0 Å². The van der Waals surface area contributed by atoms with E-state index in [9.17, 15) is 4.79 Å². The maximum Gasteiger partial charge on any atom is 0.246 e. The van der Waals surface area contributed by atoms with Gasteiger partial charge in [0, 0.05) is 39.9 Å². The van der Waals surface area contributed by atoms with Gasteiger partial charge in [-0.15, -0.1) is 30.4 Å². The van der Waals surface area contributed by atoms with Crippen molar-refractivity contribution in [3.05, 3.63) is 42.2 Å². The molecule has 2 heterocycles. The summed E-state index contributed by atoms with van der Waals surface area (Å²) in [6, 6.07) is 7.87. The van der Waals surface area contributed by atoms with Gasteiger partial charge < -0.3 is 19.9 Å².